The van der Waals surface area contributed by atoms with Gasteiger partial charge in [0, 0.05) is 32.0 Å². The predicted molar refractivity (Wildman–Crippen MR) is 83.5 cm³/mol. The molecule has 0 aliphatic carbocycles. The molecule has 1 N–H and O–H groups in total. The van der Waals surface area contributed by atoms with E-state index in [1.54, 1.807) is 20.4 Å². The van der Waals surface area contributed by atoms with Crippen molar-refractivity contribution in [2.45, 2.75) is 19.4 Å². The number of nitrogens with zero attached hydrogens (tertiary/aromatic N) is 2. The van der Waals surface area contributed by atoms with Gasteiger partial charge in [0.2, 0.25) is 5.88 Å². The van der Waals surface area contributed by atoms with Crippen molar-refractivity contribution >= 4 is 0 Å². The molecule has 2 rings (SSSR count). The third kappa shape index (κ3) is 5.26. The van der Waals surface area contributed by atoms with E-state index in [1.807, 2.05) is 6.07 Å². The molecule has 1 aliphatic rings. The second-order valence-corrected chi connectivity index (χ2v) is 5.59. The van der Waals surface area contributed by atoms with Crippen molar-refractivity contribution < 1.29 is 9.47 Å². The molecule has 0 bridgehead atoms. The third-order valence-corrected chi connectivity index (χ3v) is 4.06. The van der Waals surface area contributed by atoms with Gasteiger partial charge in [-0.05, 0) is 44.5 Å². The Morgan fingerprint density at radius 3 is 2.86 bits per heavy atom. The lowest BCUT2D eigenvalue weighted by Crippen LogP contribution is -2.37. The van der Waals surface area contributed by atoms with E-state index in [4.69, 9.17) is 9.47 Å². The molecule has 0 aromatic carbocycles. The second-order valence-electron chi connectivity index (χ2n) is 5.59. The van der Waals surface area contributed by atoms with E-state index >= 15 is 0 Å². The molecule has 0 unspecified atom stereocenters. The van der Waals surface area contributed by atoms with Crippen molar-refractivity contribution in [3.05, 3.63) is 23.9 Å². The summed E-state index contributed by atoms with van der Waals surface area (Å²) in [5.41, 5.74) is 1.18. The molecule has 0 saturated carbocycles. The molecule has 5 heteroatoms. The quantitative estimate of drug-likeness (QED) is 0.737. The largest absolute Gasteiger partial charge is 0.481 e. The molecule has 0 radical (unpaired) electrons. The summed E-state index contributed by atoms with van der Waals surface area (Å²) in [5.74, 6) is 1.54. The van der Waals surface area contributed by atoms with E-state index in [2.05, 4.69) is 21.3 Å². The monoisotopic (exact) mass is 293 g/mol. The van der Waals surface area contributed by atoms with Crippen LogP contribution in [0.4, 0.5) is 0 Å². The summed E-state index contributed by atoms with van der Waals surface area (Å²) in [6, 6.07) is 4.08. The van der Waals surface area contributed by atoms with Gasteiger partial charge >= 0.3 is 0 Å². The van der Waals surface area contributed by atoms with Gasteiger partial charge in [0.25, 0.3) is 0 Å². The molecule has 0 spiro atoms. The lowest BCUT2D eigenvalue weighted by Gasteiger charge is -2.32. The molecule has 1 aromatic rings. The number of ether oxygens (including phenoxy) is 2. The SMILES string of the molecule is COCCNCC1CCN(Cc2cccnc2OC)CC1. The van der Waals surface area contributed by atoms with Crippen LogP contribution in [0, 0.1) is 5.92 Å². The number of methoxy groups -OCH3 is 2. The van der Waals surface area contributed by atoms with Gasteiger partial charge < -0.3 is 14.8 Å². The molecule has 21 heavy (non-hydrogen) atoms. The van der Waals surface area contributed by atoms with Crippen molar-refractivity contribution in [3.8, 4) is 5.88 Å². The summed E-state index contributed by atoms with van der Waals surface area (Å²) >= 11 is 0. The standard InChI is InChI=1S/C16H27N3O2/c1-20-11-8-17-12-14-5-9-19(10-6-14)13-15-4-3-7-18-16(15)21-2/h3-4,7,14,17H,5-6,8-13H2,1-2H3. The zero-order valence-corrected chi connectivity index (χ0v) is 13.2. The Morgan fingerprint density at radius 2 is 2.14 bits per heavy atom. The van der Waals surface area contributed by atoms with Crippen LogP contribution in [0.15, 0.2) is 18.3 Å². The number of likely N-dealkylation sites (tertiary alicyclic amines) is 1. The minimum atomic E-state index is 0.751. The molecule has 0 amide bonds. The molecule has 5 nitrogen and oxygen atoms in total. The van der Waals surface area contributed by atoms with E-state index in [1.165, 1.54) is 18.4 Å². The molecular formula is C16H27N3O2. The maximum atomic E-state index is 5.32. The van der Waals surface area contributed by atoms with Crippen LogP contribution < -0.4 is 10.1 Å². The molecule has 0 atom stereocenters. The zero-order valence-electron chi connectivity index (χ0n) is 13.2. The Balaban J connectivity index is 1.71. The number of piperidine rings is 1. The fourth-order valence-corrected chi connectivity index (χ4v) is 2.80. The topological polar surface area (TPSA) is 46.6 Å². The third-order valence-electron chi connectivity index (χ3n) is 4.06. The van der Waals surface area contributed by atoms with Crippen LogP contribution in [0.5, 0.6) is 5.88 Å². The lowest BCUT2D eigenvalue weighted by molar-refractivity contribution is 0.166. The number of hydrogen-bond donors (Lipinski definition) is 1. The van der Waals surface area contributed by atoms with Crippen LogP contribution in [0.1, 0.15) is 18.4 Å². The highest BCUT2D eigenvalue weighted by Gasteiger charge is 2.19. The summed E-state index contributed by atoms with van der Waals surface area (Å²) in [6.45, 7) is 6.07. The van der Waals surface area contributed by atoms with Crippen molar-refractivity contribution in [3.63, 3.8) is 0 Å². The summed E-state index contributed by atoms with van der Waals surface area (Å²) in [6.07, 6.45) is 4.28. The minimum absolute atomic E-state index is 0.751. The number of pyridine rings is 1. The van der Waals surface area contributed by atoms with Gasteiger partial charge in [-0.15, -0.1) is 0 Å². The van der Waals surface area contributed by atoms with E-state index in [-0.39, 0.29) is 0 Å². The highest BCUT2D eigenvalue weighted by atomic mass is 16.5. The summed E-state index contributed by atoms with van der Waals surface area (Å²) in [5, 5.41) is 3.47. The van der Waals surface area contributed by atoms with Gasteiger partial charge in [0.1, 0.15) is 0 Å². The molecular weight excluding hydrogens is 266 g/mol. The van der Waals surface area contributed by atoms with Crippen molar-refractivity contribution in [2.75, 3.05) is 47.0 Å². The average molecular weight is 293 g/mol. The van der Waals surface area contributed by atoms with Gasteiger partial charge in [0.15, 0.2) is 0 Å². The maximum absolute atomic E-state index is 5.32. The Hall–Kier alpha value is -1.17. The Labute approximate surface area is 127 Å². The van der Waals surface area contributed by atoms with E-state index in [0.29, 0.717) is 0 Å². The Kier molecular flexibility index (Phi) is 6.92. The maximum Gasteiger partial charge on any atom is 0.217 e. The van der Waals surface area contributed by atoms with Crippen molar-refractivity contribution in [2.24, 2.45) is 5.92 Å². The summed E-state index contributed by atoms with van der Waals surface area (Å²) in [7, 11) is 3.43. The zero-order chi connectivity index (χ0) is 14.9. The fourth-order valence-electron chi connectivity index (χ4n) is 2.80. The van der Waals surface area contributed by atoms with Crippen LogP contribution in [-0.4, -0.2) is 56.9 Å². The van der Waals surface area contributed by atoms with Gasteiger partial charge in [-0.25, -0.2) is 4.98 Å². The fraction of sp³-hybridized carbons (Fsp3) is 0.688. The first-order valence-corrected chi connectivity index (χ1v) is 7.73. The second kappa shape index (κ2) is 8.97. The highest BCUT2D eigenvalue weighted by Crippen LogP contribution is 2.21. The average Bonchev–Trinajstić information content (AvgIpc) is 2.54. The molecule has 1 aliphatic heterocycles. The number of hydrogen-bond acceptors (Lipinski definition) is 5. The summed E-state index contributed by atoms with van der Waals surface area (Å²) < 4.78 is 10.4. The number of aromatic nitrogens is 1. The van der Waals surface area contributed by atoms with E-state index in [9.17, 15) is 0 Å². The smallest absolute Gasteiger partial charge is 0.217 e. The van der Waals surface area contributed by atoms with Crippen molar-refractivity contribution in [1.82, 2.24) is 15.2 Å². The van der Waals surface area contributed by atoms with Crippen LogP contribution in [0.2, 0.25) is 0 Å². The number of rotatable bonds is 8. The van der Waals surface area contributed by atoms with Crippen LogP contribution in [-0.2, 0) is 11.3 Å². The molecule has 118 valence electrons. The number of nitrogens with one attached hydrogen (secondary N) is 1. The Bertz CT molecular complexity index is 406. The Morgan fingerprint density at radius 1 is 1.33 bits per heavy atom. The first-order valence-electron chi connectivity index (χ1n) is 7.73. The van der Waals surface area contributed by atoms with E-state index in [0.717, 1.165) is 51.1 Å². The molecule has 1 saturated heterocycles. The highest BCUT2D eigenvalue weighted by molar-refractivity contribution is 5.25. The first kappa shape index (κ1) is 16.2. The van der Waals surface area contributed by atoms with Crippen LogP contribution in [0.25, 0.3) is 0 Å². The molecule has 2 heterocycles. The van der Waals surface area contributed by atoms with Gasteiger partial charge in [-0.1, -0.05) is 6.07 Å². The van der Waals surface area contributed by atoms with Gasteiger partial charge in [-0.2, -0.15) is 0 Å². The predicted octanol–water partition coefficient (Wildman–Crippen LogP) is 1.54. The van der Waals surface area contributed by atoms with Crippen molar-refractivity contribution in [1.29, 1.82) is 0 Å². The van der Waals surface area contributed by atoms with Gasteiger partial charge in [-0.3, -0.25) is 4.90 Å². The first-order chi connectivity index (χ1) is 10.3. The summed E-state index contributed by atoms with van der Waals surface area (Å²) in [4.78, 5) is 6.76. The van der Waals surface area contributed by atoms with E-state index < -0.39 is 0 Å². The normalized spacial score (nSPS) is 17.0. The minimum Gasteiger partial charge on any atom is -0.481 e. The molecule has 1 aromatic heterocycles. The van der Waals surface area contributed by atoms with Crippen LogP contribution in [0.3, 0.4) is 0 Å². The van der Waals surface area contributed by atoms with Gasteiger partial charge in [0.05, 0.1) is 13.7 Å². The molecule has 1 fully saturated rings. The lowest BCUT2D eigenvalue weighted by atomic mass is 9.96. The van der Waals surface area contributed by atoms with Crippen LogP contribution >= 0.6 is 0 Å².